The van der Waals surface area contributed by atoms with E-state index in [1.807, 2.05) is 4.72 Å². The number of amides is 1. The quantitative estimate of drug-likeness (QED) is 0.301. The first-order valence-electron chi connectivity index (χ1n) is 8.90. The normalized spacial score (nSPS) is 13.4. The van der Waals surface area contributed by atoms with Crippen LogP contribution in [-0.4, -0.2) is 23.0 Å². The molecule has 0 radical (unpaired) electrons. The predicted molar refractivity (Wildman–Crippen MR) is 113 cm³/mol. The lowest BCUT2D eigenvalue weighted by Gasteiger charge is -2.30. The minimum absolute atomic E-state index is 0.105. The summed E-state index contributed by atoms with van der Waals surface area (Å²) in [5.41, 5.74) is -3.84. The predicted octanol–water partition coefficient (Wildman–Crippen LogP) is 4.66. The van der Waals surface area contributed by atoms with Crippen molar-refractivity contribution < 1.29 is 35.9 Å². The molecule has 0 saturated heterocycles. The number of ether oxygens (including phenoxy) is 1. The zero-order valence-electron chi connectivity index (χ0n) is 16.6. The molecule has 1 unspecified atom stereocenters. The minimum atomic E-state index is -4.80. The number of nitriles is 1. The third-order valence-corrected chi connectivity index (χ3v) is 4.94. The van der Waals surface area contributed by atoms with Gasteiger partial charge in [-0.1, -0.05) is 37.2 Å². The van der Waals surface area contributed by atoms with E-state index in [0.29, 0.717) is 6.07 Å². The summed E-state index contributed by atoms with van der Waals surface area (Å²) < 4.78 is 85.4. The van der Waals surface area contributed by atoms with Gasteiger partial charge in [-0.25, -0.2) is 0 Å². The van der Waals surface area contributed by atoms with Crippen LogP contribution in [0, 0.1) is 11.3 Å². The number of halogens is 6. The number of hydrogen-bond donors (Lipinski definition) is 3. The van der Waals surface area contributed by atoms with Crippen LogP contribution in [0.3, 0.4) is 0 Å². The van der Waals surface area contributed by atoms with E-state index in [9.17, 15) is 31.1 Å². The lowest BCUT2D eigenvalue weighted by Crippen LogP contribution is -2.58. The number of carbonyl (C=O) groups excluding carboxylic acids is 1. The Hall–Kier alpha value is -2.98. The van der Waals surface area contributed by atoms with E-state index in [1.165, 1.54) is 6.92 Å². The number of alkyl halides is 6. The van der Waals surface area contributed by atoms with Crippen molar-refractivity contribution >= 4 is 35.9 Å². The Morgan fingerprint density at radius 1 is 1.09 bits per heavy atom. The van der Waals surface area contributed by atoms with Gasteiger partial charge in [0.05, 0.1) is 22.8 Å². The number of hydrogen-bond acceptors (Lipinski definition) is 5. The van der Waals surface area contributed by atoms with Gasteiger partial charge in [0, 0.05) is 5.56 Å². The third kappa shape index (κ3) is 6.52. The fraction of sp³-hybridized carbons (Fsp3) is 0.250. The van der Waals surface area contributed by atoms with Crippen molar-refractivity contribution in [2.24, 2.45) is 0 Å². The maximum atomic E-state index is 13.3. The Balaban J connectivity index is 2.30. The van der Waals surface area contributed by atoms with E-state index in [0.717, 1.165) is 36.4 Å². The number of thiocarbonyl (C=S) groups is 1. The van der Waals surface area contributed by atoms with E-state index in [1.54, 1.807) is 6.07 Å². The molecule has 2 N–H and O–H groups in total. The van der Waals surface area contributed by atoms with E-state index in [-0.39, 0.29) is 16.1 Å². The van der Waals surface area contributed by atoms with Crippen molar-refractivity contribution in [2.75, 3.05) is 6.61 Å². The molecule has 0 aliphatic carbocycles. The first kappa shape index (κ1) is 26.3. The molecule has 33 heavy (non-hydrogen) atoms. The van der Waals surface area contributed by atoms with Crippen LogP contribution in [0.15, 0.2) is 42.5 Å². The largest absolute Gasteiger partial charge is 0.490 e. The van der Waals surface area contributed by atoms with Gasteiger partial charge in [0.1, 0.15) is 22.9 Å². The second-order valence-electron chi connectivity index (χ2n) is 6.91. The summed E-state index contributed by atoms with van der Waals surface area (Å²) in [4.78, 5) is 12.2. The van der Waals surface area contributed by atoms with Gasteiger partial charge in [0.15, 0.2) is 0 Å². The van der Waals surface area contributed by atoms with Crippen LogP contribution < -0.4 is 14.8 Å². The highest BCUT2D eigenvalue weighted by molar-refractivity contribution is 7.80. The first-order valence-corrected chi connectivity index (χ1v) is 9.75. The molecule has 2 rings (SSSR count). The topological polar surface area (TPSA) is 74.1 Å². The van der Waals surface area contributed by atoms with E-state index in [4.69, 9.17) is 22.2 Å². The van der Waals surface area contributed by atoms with Crippen molar-refractivity contribution in [3.63, 3.8) is 0 Å². The Morgan fingerprint density at radius 3 is 2.18 bits per heavy atom. The van der Waals surface area contributed by atoms with E-state index in [2.05, 4.69) is 18.1 Å². The average molecular weight is 507 g/mol. The monoisotopic (exact) mass is 507 g/mol. The van der Waals surface area contributed by atoms with E-state index < -0.39 is 47.3 Å². The molecule has 0 aromatic heterocycles. The van der Waals surface area contributed by atoms with Crippen molar-refractivity contribution in [2.45, 2.75) is 24.8 Å². The molecule has 5 nitrogen and oxygen atoms in total. The molecule has 1 atom stereocenters. The lowest BCUT2D eigenvalue weighted by atomic mass is 10.0. The SMILES string of the molecule is CC(COc1cc(C#N)ccc1C(F)(F)F)(NC(=S)c1ccc(C(F)(F)F)cc1)C(=O)NS. The average Bonchev–Trinajstić information content (AvgIpc) is 2.75. The Morgan fingerprint density at radius 2 is 1.70 bits per heavy atom. The summed E-state index contributed by atoms with van der Waals surface area (Å²) in [7, 11) is 0. The summed E-state index contributed by atoms with van der Waals surface area (Å²) in [6, 6.07) is 7.94. The van der Waals surface area contributed by atoms with Crippen LogP contribution in [0.25, 0.3) is 0 Å². The highest BCUT2D eigenvalue weighted by Gasteiger charge is 2.38. The molecule has 2 aromatic rings. The molecule has 0 spiro atoms. The number of rotatable bonds is 6. The summed E-state index contributed by atoms with van der Waals surface area (Å²) in [5, 5.41) is 11.6. The van der Waals surface area contributed by atoms with E-state index >= 15 is 0 Å². The Kier molecular flexibility index (Phi) is 7.87. The standard InChI is InChI=1S/C20H15F6N3O2S2/c1-18(17(30)29-33,28-16(32)12-3-5-13(6-4-12)19(21,22)23)10-31-15-8-11(9-27)2-7-14(15)20(24,25)26/h2-8,33H,10H2,1H3,(H,28,32)(H,29,30). The minimum Gasteiger partial charge on any atom is -0.490 e. The van der Waals surface area contributed by atoms with Gasteiger partial charge < -0.3 is 14.8 Å². The molecule has 1 amide bonds. The summed E-state index contributed by atoms with van der Waals surface area (Å²) in [5.74, 6) is -1.54. The van der Waals surface area contributed by atoms with Crippen molar-refractivity contribution in [3.8, 4) is 11.8 Å². The number of benzene rings is 2. The fourth-order valence-corrected chi connectivity index (χ4v) is 3.19. The Labute approximate surface area is 195 Å². The van der Waals surface area contributed by atoms with Crippen LogP contribution in [0.5, 0.6) is 5.75 Å². The van der Waals surface area contributed by atoms with Crippen LogP contribution in [-0.2, 0) is 17.1 Å². The molecular weight excluding hydrogens is 492 g/mol. The van der Waals surface area contributed by atoms with Crippen LogP contribution in [0.1, 0.15) is 29.2 Å². The summed E-state index contributed by atoms with van der Waals surface area (Å²) in [6.07, 6.45) is -9.36. The second-order valence-corrected chi connectivity index (χ2v) is 7.54. The molecule has 2 aromatic carbocycles. The number of nitrogens with zero attached hydrogens (tertiary/aromatic N) is 1. The molecule has 0 heterocycles. The van der Waals surface area contributed by atoms with Gasteiger partial charge in [0.25, 0.3) is 5.91 Å². The van der Waals surface area contributed by atoms with Crippen molar-refractivity contribution in [3.05, 3.63) is 64.7 Å². The zero-order chi connectivity index (χ0) is 25.0. The van der Waals surface area contributed by atoms with Gasteiger partial charge in [0.2, 0.25) is 0 Å². The highest BCUT2D eigenvalue weighted by Crippen LogP contribution is 2.37. The van der Waals surface area contributed by atoms with Gasteiger partial charge in [-0.2, -0.15) is 31.6 Å². The first-order chi connectivity index (χ1) is 15.2. The summed E-state index contributed by atoms with van der Waals surface area (Å²) >= 11 is 8.81. The van der Waals surface area contributed by atoms with Crippen molar-refractivity contribution in [1.29, 1.82) is 5.26 Å². The maximum Gasteiger partial charge on any atom is 0.419 e. The number of carbonyl (C=O) groups is 1. The molecule has 176 valence electrons. The van der Waals surface area contributed by atoms with Gasteiger partial charge in [-0.15, -0.1) is 0 Å². The molecule has 0 fully saturated rings. The smallest absolute Gasteiger partial charge is 0.419 e. The fourth-order valence-electron chi connectivity index (χ4n) is 2.58. The molecule has 13 heteroatoms. The molecular formula is C20H15F6N3O2S2. The molecule has 0 bridgehead atoms. The van der Waals surface area contributed by atoms with Crippen LogP contribution in [0.2, 0.25) is 0 Å². The van der Waals surface area contributed by atoms with Gasteiger partial charge >= 0.3 is 12.4 Å². The number of thiol groups is 1. The maximum absolute atomic E-state index is 13.3. The Bertz CT molecular complexity index is 1080. The van der Waals surface area contributed by atoms with Gasteiger partial charge in [-0.3, -0.25) is 4.79 Å². The van der Waals surface area contributed by atoms with Crippen molar-refractivity contribution in [1.82, 2.24) is 10.0 Å². The lowest BCUT2D eigenvalue weighted by molar-refractivity contribution is -0.139. The molecule has 0 aliphatic rings. The molecule has 0 aliphatic heterocycles. The second kappa shape index (κ2) is 9.88. The summed E-state index contributed by atoms with van der Waals surface area (Å²) in [6.45, 7) is 0.550. The third-order valence-electron chi connectivity index (χ3n) is 4.40. The highest BCUT2D eigenvalue weighted by atomic mass is 32.1. The zero-order valence-corrected chi connectivity index (χ0v) is 18.3. The number of nitrogens with one attached hydrogen (secondary N) is 2. The van der Waals surface area contributed by atoms with Crippen LogP contribution in [0.4, 0.5) is 26.3 Å². The van der Waals surface area contributed by atoms with Gasteiger partial charge in [-0.05, 0) is 37.3 Å². The van der Waals surface area contributed by atoms with Crippen LogP contribution >= 0.6 is 25.0 Å². The molecule has 0 saturated carbocycles.